The lowest BCUT2D eigenvalue weighted by molar-refractivity contribution is -0.256. The van der Waals surface area contributed by atoms with Crippen molar-refractivity contribution in [2.45, 2.75) is 102 Å². The Balaban J connectivity index is 1.92. The van der Waals surface area contributed by atoms with E-state index in [1.54, 1.807) is 34.6 Å². The Labute approximate surface area is 221 Å². The third-order valence-electron chi connectivity index (χ3n) is 10.9. The van der Waals surface area contributed by atoms with Crippen molar-refractivity contribution in [3.8, 4) is 0 Å². The number of hydrogen-bond acceptors (Lipinski definition) is 10. The monoisotopic (exact) mass is 532 g/mol. The van der Waals surface area contributed by atoms with Crippen LogP contribution in [-0.2, 0) is 42.9 Å². The van der Waals surface area contributed by atoms with Gasteiger partial charge in [0, 0.05) is 24.2 Å². The van der Waals surface area contributed by atoms with Crippen LogP contribution in [0.4, 0.5) is 0 Å². The summed E-state index contributed by atoms with van der Waals surface area (Å²) in [7, 11) is 0. The van der Waals surface area contributed by atoms with Gasteiger partial charge in [0.15, 0.2) is 11.7 Å². The molecule has 0 aromatic heterocycles. The highest BCUT2D eigenvalue weighted by Crippen LogP contribution is 2.78. The van der Waals surface area contributed by atoms with Crippen LogP contribution in [0.1, 0.15) is 67.7 Å². The molecule has 0 amide bonds. The third-order valence-corrected chi connectivity index (χ3v) is 10.9. The van der Waals surface area contributed by atoms with Crippen molar-refractivity contribution in [3.63, 3.8) is 0 Å². The summed E-state index contributed by atoms with van der Waals surface area (Å²) in [5.41, 5.74) is -10.3. The number of cyclic esters (lactones) is 3. The molecule has 4 heterocycles. The second kappa shape index (κ2) is 7.27. The van der Waals surface area contributed by atoms with E-state index in [0.717, 1.165) is 0 Å². The van der Waals surface area contributed by atoms with Gasteiger partial charge in [0.2, 0.25) is 5.60 Å². The minimum Gasteiger partial charge on any atom is -0.461 e. The number of carbonyl (C=O) groups excluding carboxylic acids is 4. The highest BCUT2D eigenvalue weighted by Gasteiger charge is 2.93. The Morgan fingerprint density at radius 3 is 2.24 bits per heavy atom. The third kappa shape index (κ3) is 2.48. The summed E-state index contributed by atoms with van der Waals surface area (Å²) in [6.45, 7) is 19.2. The van der Waals surface area contributed by atoms with E-state index in [1.165, 1.54) is 13.8 Å². The lowest BCUT2D eigenvalue weighted by Crippen LogP contribution is -2.76. The minimum absolute atomic E-state index is 0.0534. The molecule has 4 saturated heterocycles. The van der Waals surface area contributed by atoms with E-state index >= 15 is 0 Å². The first kappa shape index (κ1) is 26.9. The SMILES string of the molecule is C=C1C23O[C@@]4(COC(=O)[C@]4(C)[C@]2(C)[C@@H](O)C[C@]12CCC(=O)OC2(C)C)C(=O)O[C@](C)(C(=C)C)C3OC(C)=O. The molecule has 0 aromatic carbocycles. The molecule has 38 heavy (non-hydrogen) atoms. The summed E-state index contributed by atoms with van der Waals surface area (Å²) in [4.78, 5) is 52.7. The molecule has 10 heteroatoms. The van der Waals surface area contributed by atoms with Gasteiger partial charge < -0.3 is 28.8 Å². The molecule has 10 nitrogen and oxygen atoms in total. The molecule has 1 aliphatic carbocycles. The molecule has 5 rings (SSSR count). The average Bonchev–Trinajstić information content (AvgIpc) is 3.14. The molecule has 3 spiro atoms. The molecule has 208 valence electrons. The molecule has 0 aromatic rings. The van der Waals surface area contributed by atoms with E-state index < -0.39 is 81.3 Å². The van der Waals surface area contributed by atoms with Gasteiger partial charge in [0.1, 0.15) is 23.2 Å². The topological polar surface area (TPSA) is 135 Å². The lowest BCUT2D eigenvalue weighted by atomic mass is 9.40. The van der Waals surface area contributed by atoms with Crippen molar-refractivity contribution in [3.05, 3.63) is 24.3 Å². The molecule has 8 atom stereocenters. The van der Waals surface area contributed by atoms with Gasteiger partial charge in [-0.15, -0.1) is 0 Å². The normalized spacial score (nSPS) is 48.8. The first-order valence-electron chi connectivity index (χ1n) is 12.9. The van der Waals surface area contributed by atoms with Crippen molar-refractivity contribution in [1.82, 2.24) is 0 Å². The van der Waals surface area contributed by atoms with Crippen LogP contribution in [0, 0.1) is 16.2 Å². The molecule has 2 unspecified atom stereocenters. The quantitative estimate of drug-likeness (QED) is 0.321. The fraction of sp³-hybridized carbons (Fsp3) is 0.714. The van der Waals surface area contributed by atoms with Crippen LogP contribution >= 0.6 is 0 Å². The van der Waals surface area contributed by atoms with Crippen LogP contribution in [-0.4, -0.2) is 70.2 Å². The zero-order valence-electron chi connectivity index (χ0n) is 23.0. The Hall–Kier alpha value is -2.72. The van der Waals surface area contributed by atoms with E-state index in [4.69, 9.17) is 23.7 Å². The molecule has 5 aliphatic rings. The maximum absolute atomic E-state index is 14.1. The van der Waals surface area contributed by atoms with E-state index in [0.29, 0.717) is 11.1 Å². The Bertz CT molecular complexity index is 1220. The van der Waals surface area contributed by atoms with Crippen LogP contribution in [0.2, 0.25) is 0 Å². The summed E-state index contributed by atoms with van der Waals surface area (Å²) in [6, 6.07) is 0. The van der Waals surface area contributed by atoms with Gasteiger partial charge >= 0.3 is 23.9 Å². The summed E-state index contributed by atoms with van der Waals surface area (Å²) in [5.74, 6) is -2.72. The fourth-order valence-corrected chi connectivity index (χ4v) is 8.19. The number of aliphatic hydroxyl groups excluding tert-OH is 1. The van der Waals surface area contributed by atoms with Gasteiger partial charge in [-0.3, -0.25) is 14.4 Å². The minimum atomic E-state index is -1.98. The van der Waals surface area contributed by atoms with E-state index in [9.17, 15) is 24.3 Å². The largest absolute Gasteiger partial charge is 0.461 e. The first-order valence-corrected chi connectivity index (χ1v) is 12.9. The lowest BCUT2D eigenvalue weighted by Gasteiger charge is -2.66. The van der Waals surface area contributed by atoms with Crippen LogP contribution in [0.15, 0.2) is 24.3 Å². The van der Waals surface area contributed by atoms with Crippen LogP contribution in [0.3, 0.4) is 0 Å². The summed E-state index contributed by atoms with van der Waals surface area (Å²) in [6.07, 6.45) is -2.34. The van der Waals surface area contributed by atoms with Gasteiger partial charge in [-0.2, -0.15) is 0 Å². The van der Waals surface area contributed by atoms with Crippen molar-refractivity contribution in [2.24, 2.45) is 16.2 Å². The molecular weight excluding hydrogens is 496 g/mol. The van der Waals surface area contributed by atoms with Crippen LogP contribution in [0.5, 0.6) is 0 Å². The first-order chi connectivity index (χ1) is 17.3. The molecule has 1 saturated carbocycles. The van der Waals surface area contributed by atoms with Crippen molar-refractivity contribution in [2.75, 3.05) is 6.61 Å². The maximum atomic E-state index is 14.1. The smallest absolute Gasteiger partial charge is 0.344 e. The van der Waals surface area contributed by atoms with Crippen LogP contribution in [0.25, 0.3) is 0 Å². The number of esters is 4. The molecule has 1 N–H and O–H groups in total. The van der Waals surface area contributed by atoms with Crippen molar-refractivity contribution >= 4 is 23.9 Å². The molecule has 0 radical (unpaired) electrons. The van der Waals surface area contributed by atoms with Gasteiger partial charge in [-0.1, -0.05) is 20.1 Å². The van der Waals surface area contributed by atoms with Gasteiger partial charge in [0.25, 0.3) is 0 Å². The molecule has 2 bridgehead atoms. The number of fused-ring (bicyclic) bond motifs is 1. The standard InChI is InChI=1S/C28H36O10/c1-14(2)23(7)19(35-16(4)29)28-15(3)26(11-10-18(31)36-22(26,5)6)12-17(30)24(28,8)25(9)20(32)34-13-27(25,38-28)21(33)37-23/h17,19,30H,1,3,10-13H2,2,4-9H3/t17-,19?,23+,24-,25+,26+,27-,28?/m0/s1. The number of hydrogen-bond donors (Lipinski definition) is 1. The Morgan fingerprint density at radius 2 is 1.68 bits per heavy atom. The van der Waals surface area contributed by atoms with E-state index in [2.05, 4.69) is 13.2 Å². The molecule has 5 fully saturated rings. The van der Waals surface area contributed by atoms with Crippen LogP contribution < -0.4 is 0 Å². The number of ether oxygens (including phenoxy) is 5. The fourth-order valence-electron chi connectivity index (χ4n) is 8.19. The molecular formula is C28H36O10. The average molecular weight is 533 g/mol. The molecule has 4 aliphatic heterocycles. The summed E-state index contributed by atoms with van der Waals surface area (Å²) in [5, 5.41) is 12.2. The number of rotatable bonds is 2. The zero-order valence-corrected chi connectivity index (χ0v) is 23.0. The Morgan fingerprint density at radius 1 is 1.05 bits per heavy atom. The van der Waals surface area contributed by atoms with Crippen molar-refractivity contribution in [1.29, 1.82) is 0 Å². The van der Waals surface area contributed by atoms with E-state index in [-0.39, 0.29) is 19.3 Å². The van der Waals surface area contributed by atoms with Gasteiger partial charge in [0.05, 0.1) is 6.10 Å². The van der Waals surface area contributed by atoms with Gasteiger partial charge in [-0.05, 0) is 58.6 Å². The second-order valence-electron chi connectivity index (χ2n) is 12.6. The predicted molar refractivity (Wildman–Crippen MR) is 130 cm³/mol. The van der Waals surface area contributed by atoms with E-state index in [1.807, 2.05) is 0 Å². The van der Waals surface area contributed by atoms with Crippen molar-refractivity contribution < 1.29 is 48.0 Å². The Kier molecular flexibility index (Phi) is 5.14. The number of aliphatic hydroxyl groups is 1. The summed E-state index contributed by atoms with van der Waals surface area (Å²) < 4.78 is 30.2. The highest BCUT2D eigenvalue weighted by molar-refractivity contribution is 5.97. The highest BCUT2D eigenvalue weighted by atomic mass is 16.7. The predicted octanol–water partition coefficient (Wildman–Crippen LogP) is 2.31. The zero-order chi connectivity index (χ0) is 28.5. The number of carbonyl (C=O) groups is 4. The summed E-state index contributed by atoms with van der Waals surface area (Å²) >= 11 is 0. The maximum Gasteiger partial charge on any atom is 0.344 e. The van der Waals surface area contributed by atoms with Gasteiger partial charge in [-0.25, -0.2) is 4.79 Å². The second-order valence-corrected chi connectivity index (χ2v) is 12.6.